The van der Waals surface area contributed by atoms with Crippen LogP contribution < -0.4 is 10.1 Å². The summed E-state index contributed by atoms with van der Waals surface area (Å²) >= 11 is 0. The first-order chi connectivity index (χ1) is 14.1. The Morgan fingerprint density at radius 3 is 2.90 bits per heavy atom. The molecule has 1 atom stereocenters. The first kappa shape index (κ1) is 19.3. The molecule has 1 amide bonds. The molecule has 0 unspecified atom stereocenters. The molecule has 3 aromatic rings. The molecule has 152 valence electrons. The number of furan rings is 1. The van der Waals surface area contributed by atoms with Crippen LogP contribution in [0.3, 0.4) is 0 Å². The molecule has 1 fully saturated rings. The average molecular weight is 394 g/mol. The molecule has 6 nitrogen and oxygen atoms in total. The third-order valence-electron chi connectivity index (χ3n) is 5.26. The van der Waals surface area contributed by atoms with Gasteiger partial charge in [0.2, 0.25) is 0 Å². The van der Waals surface area contributed by atoms with Gasteiger partial charge >= 0.3 is 0 Å². The number of amides is 1. The average Bonchev–Trinajstić information content (AvgIpc) is 3.46. The molecule has 1 N–H and O–H groups in total. The van der Waals surface area contributed by atoms with Gasteiger partial charge in [-0.1, -0.05) is 6.07 Å². The molecule has 0 radical (unpaired) electrons. The predicted molar refractivity (Wildman–Crippen MR) is 111 cm³/mol. The number of aryl methyl sites for hydroxylation is 1. The first-order valence-electron chi connectivity index (χ1n) is 9.95. The number of carbonyl (C=O) groups excluding carboxylic acids is 1. The van der Waals surface area contributed by atoms with Crippen LogP contribution in [0.2, 0.25) is 0 Å². The summed E-state index contributed by atoms with van der Waals surface area (Å²) in [5.41, 5.74) is 3.27. The lowest BCUT2D eigenvalue weighted by atomic mass is 10.2. The fraction of sp³-hybridized carbons (Fsp3) is 0.348. The van der Waals surface area contributed by atoms with Gasteiger partial charge in [-0.3, -0.25) is 4.79 Å². The van der Waals surface area contributed by atoms with Gasteiger partial charge in [0.1, 0.15) is 18.1 Å². The van der Waals surface area contributed by atoms with E-state index in [1.54, 1.807) is 6.26 Å². The Bertz CT molecular complexity index is 969. The van der Waals surface area contributed by atoms with Crippen molar-refractivity contribution in [2.75, 3.05) is 18.5 Å². The van der Waals surface area contributed by atoms with E-state index in [0.29, 0.717) is 24.4 Å². The molecular weight excluding hydrogens is 368 g/mol. The number of hydrogen-bond donors (Lipinski definition) is 1. The second kappa shape index (κ2) is 8.57. The zero-order chi connectivity index (χ0) is 20.2. The Balaban J connectivity index is 1.43. The lowest BCUT2D eigenvalue weighted by molar-refractivity contribution is 0.0680. The Kier molecular flexibility index (Phi) is 5.71. The van der Waals surface area contributed by atoms with Crippen LogP contribution in [0.1, 0.15) is 40.3 Å². The number of ether oxygens (including phenoxy) is 2. The van der Waals surface area contributed by atoms with Crippen molar-refractivity contribution in [2.24, 2.45) is 0 Å². The van der Waals surface area contributed by atoms with Gasteiger partial charge in [-0.05, 0) is 57.0 Å². The summed E-state index contributed by atoms with van der Waals surface area (Å²) in [7, 11) is 0. The number of aromatic nitrogens is 1. The molecule has 1 aromatic carbocycles. The highest BCUT2D eigenvalue weighted by atomic mass is 16.5. The fourth-order valence-electron chi connectivity index (χ4n) is 3.66. The van der Waals surface area contributed by atoms with Gasteiger partial charge in [0.05, 0.1) is 24.5 Å². The molecule has 0 aliphatic carbocycles. The summed E-state index contributed by atoms with van der Waals surface area (Å²) in [6.45, 7) is 5.89. The topological polar surface area (TPSA) is 65.6 Å². The maximum absolute atomic E-state index is 12.9. The van der Waals surface area contributed by atoms with Gasteiger partial charge in [0, 0.05) is 29.7 Å². The van der Waals surface area contributed by atoms with Gasteiger partial charge < -0.3 is 23.8 Å². The van der Waals surface area contributed by atoms with Crippen molar-refractivity contribution in [1.82, 2.24) is 4.57 Å². The van der Waals surface area contributed by atoms with E-state index in [1.165, 1.54) is 0 Å². The minimum absolute atomic E-state index is 0.139. The first-order valence-corrected chi connectivity index (χ1v) is 9.95. The highest BCUT2D eigenvalue weighted by Crippen LogP contribution is 2.22. The highest BCUT2D eigenvalue weighted by Gasteiger charge is 2.18. The Hall–Kier alpha value is -2.99. The van der Waals surface area contributed by atoms with Crippen molar-refractivity contribution in [2.45, 2.75) is 39.3 Å². The largest absolute Gasteiger partial charge is 0.491 e. The Morgan fingerprint density at radius 1 is 1.24 bits per heavy atom. The van der Waals surface area contributed by atoms with Crippen LogP contribution in [0.4, 0.5) is 5.69 Å². The van der Waals surface area contributed by atoms with E-state index in [-0.39, 0.29) is 12.0 Å². The van der Waals surface area contributed by atoms with Crippen LogP contribution in [0.5, 0.6) is 5.75 Å². The van der Waals surface area contributed by atoms with Gasteiger partial charge in [-0.15, -0.1) is 0 Å². The predicted octanol–water partition coefficient (Wildman–Crippen LogP) is 4.56. The van der Waals surface area contributed by atoms with Crippen LogP contribution >= 0.6 is 0 Å². The molecule has 2 aromatic heterocycles. The summed E-state index contributed by atoms with van der Waals surface area (Å²) in [5, 5.41) is 2.98. The standard InChI is InChI=1S/C23H26N2O4/c1-16-12-22(17(2)25(16)14-20-8-4-10-27-20)23(26)24-18-6-3-7-19(13-18)29-15-21-9-5-11-28-21/h3-4,6-8,10,12-13,21H,5,9,11,14-15H2,1-2H3,(H,24,26)/t21-/m0/s1. The van der Waals surface area contributed by atoms with Crippen molar-refractivity contribution in [3.05, 3.63) is 71.4 Å². The zero-order valence-corrected chi connectivity index (χ0v) is 16.8. The lowest BCUT2D eigenvalue weighted by Crippen LogP contribution is -2.16. The van der Waals surface area contributed by atoms with E-state index in [2.05, 4.69) is 9.88 Å². The van der Waals surface area contributed by atoms with E-state index in [4.69, 9.17) is 13.9 Å². The quantitative estimate of drug-likeness (QED) is 0.638. The third-order valence-corrected chi connectivity index (χ3v) is 5.26. The molecule has 3 heterocycles. The molecule has 1 aliphatic heterocycles. The molecule has 0 bridgehead atoms. The maximum atomic E-state index is 12.9. The Morgan fingerprint density at radius 2 is 2.14 bits per heavy atom. The summed E-state index contributed by atoms with van der Waals surface area (Å²) in [6, 6.07) is 13.2. The van der Waals surface area contributed by atoms with Gasteiger partial charge in [-0.25, -0.2) is 0 Å². The molecular formula is C23H26N2O4. The van der Waals surface area contributed by atoms with Crippen molar-refractivity contribution in [3.63, 3.8) is 0 Å². The number of nitrogens with one attached hydrogen (secondary N) is 1. The van der Waals surface area contributed by atoms with E-state index < -0.39 is 0 Å². The van der Waals surface area contributed by atoms with Crippen LogP contribution in [0.15, 0.2) is 53.1 Å². The molecule has 4 rings (SSSR count). The van der Waals surface area contributed by atoms with Crippen LogP contribution in [-0.2, 0) is 11.3 Å². The summed E-state index contributed by atoms with van der Waals surface area (Å²) in [4.78, 5) is 12.9. The fourth-order valence-corrected chi connectivity index (χ4v) is 3.66. The summed E-state index contributed by atoms with van der Waals surface area (Å²) < 4.78 is 18.9. The molecule has 1 saturated heterocycles. The van der Waals surface area contributed by atoms with Gasteiger partial charge in [0.15, 0.2) is 0 Å². The molecule has 1 aliphatic rings. The lowest BCUT2D eigenvalue weighted by Gasteiger charge is -2.13. The molecule has 0 spiro atoms. The number of benzene rings is 1. The van der Waals surface area contributed by atoms with Crippen molar-refractivity contribution < 1.29 is 18.7 Å². The highest BCUT2D eigenvalue weighted by molar-refractivity contribution is 6.05. The molecule has 0 saturated carbocycles. The zero-order valence-electron chi connectivity index (χ0n) is 16.8. The van der Waals surface area contributed by atoms with E-state index in [0.717, 1.165) is 42.3 Å². The second-order valence-electron chi connectivity index (χ2n) is 7.38. The molecule has 6 heteroatoms. The summed E-state index contributed by atoms with van der Waals surface area (Å²) in [5.74, 6) is 1.44. The van der Waals surface area contributed by atoms with Crippen LogP contribution in [-0.4, -0.2) is 29.8 Å². The monoisotopic (exact) mass is 394 g/mol. The normalized spacial score (nSPS) is 16.1. The van der Waals surface area contributed by atoms with Crippen LogP contribution in [0, 0.1) is 13.8 Å². The van der Waals surface area contributed by atoms with Crippen LogP contribution in [0.25, 0.3) is 0 Å². The van der Waals surface area contributed by atoms with E-state index in [1.807, 2.05) is 56.3 Å². The van der Waals surface area contributed by atoms with Crippen molar-refractivity contribution in [3.8, 4) is 5.75 Å². The SMILES string of the molecule is Cc1cc(C(=O)Nc2cccc(OC[C@@H]3CCCO3)c2)c(C)n1Cc1ccco1. The second-order valence-corrected chi connectivity index (χ2v) is 7.38. The smallest absolute Gasteiger partial charge is 0.257 e. The molecule has 29 heavy (non-hydrogen) atoms. The van der Waals surface area contributed by atoms with E-state index >= 15 is 0 Å². The van der Waals surface area contributed by atoms with Gasteiger partial charge in [0.25, 0.3) is 5.91 Å². The number of anilines is 1. The van der Waals surface area contributed by atoms with Crippen molar-refractivity contribution >= 4 is 11.6 Å². The van der Waals surface area contributed by atoms with Crippen molar-refractivity contribution in [1.29, 1.82) is 0 Å². The number of nitrogens with zero attached hydrogens (tertiary/aromatic N) is 1. The third kappa shape index (κ3) is 4.54. The maximum Gasteiger partial charge on any atom is 0.257 e. The number of rotatable bonds is 7. The number of hydrogen-bond acceptors (Lipinski definition) is 4. The number of carbonyl (C=O) groups is 1. The minimum Gasteiger partial charge on any atom is -0.491 e. The Labute approximate surface area is 170 Å². The summed E-state index contributed by atoms with van der Waals surface area (Å²) in [6.07, 6.45) is 3.94. The minimum atomic E-state index is -0.139. The van der Waals surface area contributed by atoms with E-state index in [9.17, 15) is 4.79 Å². The van der Waals surface area contributed by atoms with Gasteiger partial charge in [-0.2, -0.15) is 0 Å².